The predicted octanol–water partition coefficient (Wildman–Crippen LogP) is 1.53. The fourth-order valence-electron chi connectivity index (χ4n) is 1.38. The molecule has 0 saturated carbocycles. The number of hydrogen-bond acceptors (Lipinski definition) is 4. The maximum atomic E-state index is 12.8. The molecule has 7 heteroatoms. The van der Waals surface area contributed by atoms with Crippen LogP contribution >= 0.6 is 0 Å². The van der Waals surface area contributed by atoms with E-state index in [2.05, 4.69) is 4.98 Å². The highest BCUT2D eigenvalue weighted by molar-refractivity contribution is 5.72. The van der Waals surface area contributed by atoms with Gasteiger partial charge in [0, 0.05) is 17.3 Å². The minimum Gasteiger partial charge on any atom is -0.481 e. The van der Waals surface area contributed by atoms with Crippen LogP contribution in [-0.2, 0) is 11.2 Å². The second kappa shape index (κ2) is 5.21. The van der Waals surface area contributed by atoms with Crippen molar-refractivity contribution in [1.29, 1.82) is 5.26 Å². The van der Waals surface area contributed by atoms with Crippen LogP contribution in [-0.4, -0.2) is 23.2 Å². The van der Waals surface area contributed by atoms with Crippen LogP contribution in [0.15, 0.2) is 6.20 Å². The number of carboxylic acids is 1. The molecule has 0 aliphatic rings. The van der Waals surface area contributed by atoms with Crippen molar-refractivity contribution in [3.63, 3.8) is 0 Å². The van der Waals surface area contributed by atoms with Crippen LogP contribution in [0, 0.1) is 11.3 Å². The van der Waals surface area contributed by atoms with Crippen molar-refractivity contribution in [3.05, 3.63) is 22.9 Å². The first kappa shape index (κ1) is 12.8. The smallest absolute Gasteiger partial charge is 0.308 e. The Labute approximate surface area is 95.3 Å². The average molecular weight is 242 g/mol. The molecular formula is C10H8F2N2O3. The van der Waals surface area contributed by atoms with Crippen LogP contribution < -0.4 is 4.74 Å². The van der Waals surface area contributed by atoms with Gasteiger partial charge in [-0.05, 0) is 0 Å². The van der Waals surface area contributed by atoms with E-state index in [0.717, 1.165) is 6.20 Å². The normalized spacial score (nSPS) is 10.1. The number of aliphatic carboxylic acids is 1. The highest BCUT2D eigenvalue weighted by Crippen LogP contribution is 2.31. The largest absolute Gasteiger partial charge is 0.481 e. The molecule has 90 valence electrons. The lowest BCUT2D eigenvalue weighted by molar-refractivity contribution is -0.136. The van der Waals surface area contributed by atoms with E-state index in [4.69, 9.17) is 15.1 Å². The average Bonchev–Trinajstić information content (AvgIpc) is 2.27. The van der Waals surface area contributed by atoms with E-state index in [9.17, 15) is 13.6 Å². The summed E-state index contributed by atoms with van der Waals surface area (Å²) < 4.78 is 30.3. The number of hydrogen-bond donors (Lipinski definition) is 1. The molecule has 1 heterocycles. The second-order valence-electron chi connectivity index (χ2n) is 3.06. The monoisotopic (exact) mass is 242 g/mol. The summed E-state index contributed by atoms with van der Waals surface area (Å²) in [6.07, 6.45) is -2.70. The molecule has 0 aliphatic carbocycles. The highest BCUT2D eigenvalue weighted by atomic mass is 19.3. The third kappa shape index (κ3) is 2.66. The van der Waals surface area contributed by atoms with Crippen LogP contribution in [0.3, 0.4) is 0 Å². The molecular weight excluding hydrogens is 234 g/mol. The Kier molecular flexibility index (Phi) is 3.93. The summed E-state index contributed by atoms with van der Waals surface area (Å²) in [4.78, 5) is 14.2. The van der Waals surface area contributed by atoms with E-state index >= 15 is 0 Å². The Hall–Kier alpha value is -2.23. The molecule has 1 aromatic rings. The maximum Gasteiger partial charge on any atom is 0.308 e. The van der Waals surface area contributed by atoms with Crippen LogP contribution in [0.25, 0.3) is 0 Å². The van der Waals surface area contributed by atoms with E-state index in [1.807, 2.05) is 0 Å². The van der Waals surface area contributed by atoms with E-state index < -0.39 is 24.4 Å². The number of methoxy groups -OCH3 is 1. The van der Waals surface area contributed by atoms with E-state index in [1.54, 1.807) is 6.07 Å². The number of nitriles is 1. The Morgan fingerprint density at radius 3 is 2.76 bits per heavy atom. The fraction of sp³-hybridized carbons (Fsp3) is 0.300. The fourth-order valence-corrected chi connectivity index (χ4v) is 1.38. The summed E-state index contributed by atoms with van der Waals surface area (Å²) >= 11 is 0. The minimum absolute atomic E-state index is 0.207. The van der Waals surface area contributed by atoms with Crippen molar-refractivity contribution in [2.24, 2.45) is 0 Å². The van der Waals surface area contributed by atoms with Crippen LogP contribution in [0.4, 0.5) is 8.78 Å². The summed E-state index contributed by atoms with van der Waals surface area (Å²) in [5.74, 6) is -1.51. The van der Waals surface area contributed by atoms with Gasteiger partial charge in [-0.25, -0.2) is 13.8 Å². The molecule has 1 N–H and O–H groups in total. The van der Waals surface area contributed by atoms with Gasteiger partial charge in [0.05, 0.1) is 19.1 Å². The molecule has 0 unspecified atom stereocenters. The molecule has 1 aromatic heterocycles. The minimum atomic E-state index is -2.96. The van der Waals surface area contributed by atoms with Crippen molar-refractivity contribution in [3.8, 4) is 11.9 Å². The number of halogens is 2. The molecule has 5 nitrogen and oxygen atoms in total. The molecule has 0 aliphatic heterocycles. The topological polar surface area (TPSA) is 83.2 Å². The number of ether oxygens (including phenoxy) is 1. The molecule has 0 radical (unpaired) electrons. The summed E-state index contributed by atoms with van der Waals surface area (Å²) in [7, 11) is 1.19. The first-order valence-electron chi connectivity index (χ1n) is 4.47. The van der Waals surface area contributed by atoms with Crippen LogP contribution in [0.5, 0.6) is 5.88 Å². The van der Waals surface area contributed by atoms with Gasteiger partial charge in [-0.3, -0.25) is 4.79 Å². The first-order valence-corrected chi connectivity index (χ1v) is 4.47. The van der Waals surface area contributed by atoms with E-state index in [0.29, 0.717) is 0 Å². The molecule has 0 bridgehead atoms. The number of aromatic nitrogens is 1. The van der Waals surface area contributed by atoms with Crippen molar-refractivity contribution >= 4 is 5.97 Å². The van der Waals surface area contributed by atoms with Crippen molar-refractivity contribution in [2.45, 2.75) is 12.8 Å². The van der Waals surface area contributed by atoms with Crippen molar-refractivity contribution in [1.82, 2.24) is 4.98 Å². The lowest BCUT2D eigenvalue weighted by atomic mass is 10.0. The number of carboxylic acid groups (broad SMARTS) is 1. The van der Waals surface area contributed by atoms with E-state index in [-0.39, 0.29) is 17.0 Å². The Balaban J connectivity index is 3.47. The molecule has 0 amide bonds. The van der Waals surface area contributed by atoms with Gasteiger partial charge in [-0.2, -0.15) is 5.26 Å². The quantitative estimate of drug-likeness (QED) is 0.865. The first-order chi connectivity index (χ1) is 8.01. The second-order valence-corrected chi connectivity index (χ2v) is 3.06. The SMILES string of the molecule is COc1ncc(C#N)c(C(F)F)c1CC(=O)O. The highest BCUT2D eigenvalue weighted by Gasteiger charge is 2.24. The number of carbonyl (C=O) groups is 1. The molecule has 0 saturated heterocycles. The Morgan fingerprint density at radius 2 is 2.35 bits per heavy atom. The maximum absolute atomic E-state index is 12.8. The van der Waals surface area contributed by atoms with Gasteiger partial charge in [0.2, 0.25) is 5.88 Å². The zero-order chi connectivity index (χ0) is 13.0. The predicted molar refractivity (Wildman–Crippen MR) is 51.8 cm³/mol. The molecule has 0 fully saturated rings. The Bertz CT molecular complexity index is 483. The lowest BCUT2D eigenvalue weighted by Crippen LogP contribution is -2.09. The molecule has 0 atom stereocenters. The van der Waals surface area contributed by atoms with Crippen LogP contribution in [0.1, 0.15) is 23.1 Å². The van der Waals surface area contributed by atoms with Gasteiger partial charge in [0.15, 0.2) is 0 Å². The number of pyridine rings is 1. The van der Waals surface area contributed by atoms with Gasteiger partial charge in [-0.1, -0.05) is 0 Å². The van der Waals surface area contributed by atoms with Gasteiger partial charge in [0.1, 0.15) is 6.07 Å². The molecule has 17 heavy (non-hydrogen) atoms. The van der Waals surface area contributed by atoms with Crippen molar-refractivity contribution in [2.75, 3.05) is 7.11 Å². The van der Waals surface area contributed by atoms with E-state index in [1.165, 1.54) is 7.11 Å². The standard InChI is InChI=1S/C10H8F2N2O3/c1-17-10-6(2-7(15)16)8(9(11)12)5(3-13)4-14-10/h4,9H,2H2,1H3,(H,15,16). The van der Waals surface area contributed by atoms with Gasteiger partial charge in [0.25, 0.3) is 6.43 Å². The van der Waals surface area contributed by atoms with Gasteiger partial charge in [-0.15, -0.1) is 0 Å². The number of rotatable bonds is 4. The molecule has 0 spiro atoms. The summed E-state index contributed by atoms with van der Waals surface area (Å²) in [5, 5.41) is 17.3. The lowest BCUT2D eigenvalue weighted by Gasteiger charge is -2.12. The molecule has 0 aromatic carbocycles. The number of alkyl halides is 2. The summed E-state index contributed by atoms with van der Waals surface area (Å²) in [6, 6.07) is 1.55. The van der Waals surface area contributed by atoms with Crippen LogP contribution in [0.2, 0.25) is 0 Å². The third-order valence-corrected chi connectivity index (χ3v) is 2.04. The zero-order valence-corrected chi connectivity index (χ0v) is 8.78. The molecule has 1 rings (SSSR count). The van der Waals surface area contributed by atoms with Crippen molar-refractivity contribution < 1.29 is 23.4 Å². The zero-order valence-electron chi connectivity index (χ0n) is 8.78. The van der Waals surface area contributed by atoms with Gasteiger partial charge >= 0.3 is 5.97 Å². The number of nitrogens with zero attached hydrogens (tertiary/aromatic N) is 2. The third-order valence-electron chi connectivity index (χ3n) is 2.04. The summed E-state index contributed by atoms with van der Waals surface area (Å²) in [5.41, 5.74) is -1.26. The Morgan fingerprint density at radius 1 is 1.71 bits per heavy atom. The van der Waals surface area contributed by atoms with Gasteiger partial charge < -0.3 is 9.84 Å². The summed E-state index contributed by atoms with van der Waals surface area (Å²) in [6.45, 7) is 0.